The number of hydrogen-bond donors (Lipinski definition) is 4. The second kappa shape index (κ2) is 8.66. The molecule has 2 aromatic carbocycles. The van der Waals surface area contributed by atoms with Crippen molar-refractivity contribution in [3.63, 3.8) is 0 Å². The minimum atomic E-state index is 0.397. The van der Waals surface area contributed by atoms with Gasteiger partial charge in [-0.3, -0.25) is 10.9 Å². The Morgan fingerprint density at radius 1 is 0.913 bits per heavy atom. The Balaban J connectivity index is 1.78. The minimum Gasteiger partial charge on any atom is -0.497 e. The third kappa shape index (κ3) is 6.01. The van der Waals surface area contributed by atoms with Crippen LogP contribution in [0.4, 0.5) is 11.4 Å². The SMILES string of the molecule is COc1ccc(NC(=S)NNC(=S)Nc2cccc(Br)c2)cc1. The van der Waals surface area contributed by atoms with Gasteiger partial charge in [-0.2, -0.15) is 0 Å². The molecule has 0 aliphatic rings. The van der Waals surface area contributed by atoms with Gasteiger partial charge in [0.05, 0.1) is 7.11 Å². The molecule has 0 radical (unpaired) electrons. The lowest BCUT2D eigenvalue weighted by atomic mass is 10.3. The zero-order valence-corrected chi connectivity index (χ0v) is 15.4. The van der Waals surface area contributed by atoms with Crippen LogP contribution in [0, 0.1) is 0 Å². The molecule has 8 heteroatoms. The van der Waals surface area contributed by atoms with Crippen molar-refractivity contribution < 1.29 is 4.74 Å². The van der Waals surface area contributed by atoms with E-state index in [1.54, 1.807) is 7.11 Å². The largest absolute Gasteiger partial charge is 0.497 e. The molecule has 0 saturated heterocycles. The molecule has 2 rings (SSSR count). The van der Waals surface area contributed by atoms with Crippen molar-refractivity contribution in [1.29, 1.82) is 0 Å². The second-order valence-electron chi connectivity index (χ2n) is 4.40. The van der Waals surface area contributed by atoms with Crippen LogP contribution in [-0.4, -0.2) is 17.3 Å². The fourth-order valence-corrected chi connectivity index (χ4v) is 2.42. The Hall–Kier alpha value is -1.90. The Kier molecular flexibility index (Phi) is 6.57. The van der Waals surface area contributed by atoms with Gasteiger partial charge in [-0.05, 0) is 66.9 Å². The molecule has 0 saturated carbocycles. The summed E-state index contributed by atoms with van der Waals surface area (Å²) in [5.41, 5.74) is 7.35. The van der Waals surface area contributed by atoms with Crippen molar-refractivity contribution in [2.75, 3.05) is 17.7 Å². The van der Waals surface area contributed by atoms with Crippen molar-refractivity contribution in [3.8, 4) is 5.75 Å². The molecule has 23 heavy (non-hydrogen) atoms. The number of rotatable bonds is 3. The van der Waals surface area contributed by atoms with Gasteiger partial charge in [-0.1, -0.05) is 22.0 Å². The fourth-order valence-electron chi connectivity index (χ4n) is 1.68. The van der Waals surface area contributed by atoms with Crippen LogP contribution in [0.2, 0.25) is 0 Å². The first kappa shape index (κ1) is 17.5. The molecule has 5 nitrogen and oxygen atoms in total. The van der Waals surface area contributed by atoms with Crippen molar-refractivity contribution in [3.05, 3.63) is 53.0 Å². The lowest BCUT2D eigenvalue weighted by Gasteiger charge is -2.14. The molecule has 0 unspecified atom stereocenters. The zero-order chi connectivity index (χ0) is 16.7. The van der Waals surface area contributed by atoms with Gasteiger partial charge in [-0.15, -0.1) is 0 Å². The number of benzene rings is 2. The summed E-state index contributed by atoms with van der Waals surface area (Å²) in [7, 11) is 1.62. The van der Waals surface area contributed by atoms with Crippen LogP contribution in [0.3, 0.4) is 0 Å². The van der Waals surface area contributed by atoms with Crippen molar-refractivity contribution in [2.24, 2.45) is 0 Å². The van der Waals surface area contributed by atoms with Gasteiger partial charge in [0, 0.05) is 15.8 Å². The van der Waals surface area contributed by atoms with Gasteiger partial charge in [0.25, 0.3) is 0 Å². The van der Waals surface area contributed by atoms with Gasteiger partial charge in [0.2, 0.25) is 0 Å². The third-order valence-electron chi connectivity index (χ3n) is 2.72. The first-order valence-electron chi connectivity index (χ1n) is 6.60. The molecule has 0 aliphatic heterocycles. The highest BCUT2D eigenvalue weighted by Gasteiger charge is 2.01. The van der Waals surface area contributed by atoms with E-state index in [0.717, 1.165) is 21.6 Å². The maximum atomic E-state index is 5.19. The third-order valence-corrected chi connectivity index (χ3v) is 3.62. The lowest BCUT2D eigenvalue weighted by molar-refractivity contribution is 0.415. The van der Waals surface area contributed by atoms with Crippen LogP contribution < -0.4 is 26.2 Å². The lowest BCUT2D eigenvalue weighted by Crippen LogP contribution is -2.45. The van der Waals surface area contributed by atoms with Crippen molar-refractivity contribution >= 4 is 62.0 Å². The van der Waals surface area contributed by atoms with Crippen LogP contribution in [-0.2, 0) is 0 Å². The van der Waals surface area contributed by atoms with E-state index in [1.807, 2.05) is 48.5 Å². The molecule has 0 spiro atoms. The van der Waals surface area contributed by atoms with Gasteiger partial charge in [0.1, 0.15) is 5.75 Å². The van der Waals surface area contributed by atoms with Gasteiger partial charge in [-0.25, -0.2) is 0 Å². The number of thiocarbonyl (C=S) groups is 2. The molecular weight excluding hydrogens is 396 g/mol. The first-order chi connectivity index (χ1) is 11.1. The number of nitrogens with one attached hydrogen (secondary N) is 4. The van der Waals surface area contributed by atoms with E-state index in [0.29, 0.717) is 10.2 Å². The number of halogens is 1. The Labute approximate surface area is 153 Å². The quantitative estimate of drug-likeness (QED) is 0.455. The predicted octanol–water partition coefficient (Wildman–Crippen LogP) is 3.65. The smallest absolute Gasteiger partial charge is 0.189 e. The molecule has 4 N–H and O–H groups in total. The molecule has 2 aromatic rings. The molecule has 0 fully saturated rings. The van der Waals surface area contributed by atoms with Gasteiger partial charge in [0.15, 0.2) is 10.2 Å². The number of hydrogen-bond acceptors (Lipinski definition) is 3. The summed E-state index contributed by atoms with van der Waals surface area (Å²) in [5.74, 6) is 0.784. The highest BCUT2D eigenvalue weighted by atomic mass is 79.9. The summed E-state index contributed by atoms with van der Waals surface area (Å²) in [4.78, 5) is 0. The highest BCUT2D eigenvalue weighted by molar-refractivity contribution is 9.10. The van der Waals surface area contributed by atoms with E-state index >= 15 is 0 Å². The molecule has 0 bridgehead atoms. The summed E-state index contributed by atoms with van der Waals surface area (Å²) < 4.78 is 6.07. The fraction of sp³-hybridized carbons (Fsp3) is 0.0667. The zero-order valence-electron chi connectivity index (χ0n) is 12.2. The molecule has 0 aromatic heterocycles. The summed E-state index contributed by atoms with van der Waals surface area (Å²) in [6.45, 7) is 0. The maximum absolute atomic E-state index is 5.19. The normalized spacial score (nSPS) is 9.65. The standard InChI is InChI=1S/C15H15BrN4OS2/c1-21-13-7-5-11(6-8-13)17-14(22)19-20-15(23)18-12-4-2-3-10(16)9-12/h2-9H,1H3,(H2,17,19,22)(H2,18,20,23). The second-order valence-corrected chi connectivity index (χ2v) is 6.13. The van der Waals surface area contributed by atoms with Crippen LogP contribution in [0.25, 0.3) is 0 Å². The van der Waals surface area contributed by atoms with Gasteiger partial charge >= 0.3 is 0 Å². The molecular formula is C15H15BrN4OS2. The highest BCUT2D eigenvalue weighted by Crippen LogP contribution is 2.16. The van der Waals surface area contributed by atoms with Gasteiger partial charge < -0.3 is 15.4 Å². The van der Waals surface area contributed by atoms with Crippen LogP contribution in [0.15, 0.2) is 53.0 Å². The molecule has 0 atom stereocenters. The Bertz CT molecular complexity index is 694. The van der Waals surface area contributed by atoms with E-state index in [1.165, 1.54) is 0 Å². The average molecular weight is 411 g/mol. The number of anilines is 2. The van der Waals surface area contributed by atoms with Crippen molar-refractivity contribution in [2.45, 2.75) is 0 Å². The molecule has 0 heterocycles. The average Bonchev–Trinajstić information content (AvgIpc) is 2.54. The van der Waals surface area contributed by atoms with E-state index in [9.17, 15) is 0 Å². The summed E-state index contributed by atoms with van der Waals surface area (Å²) in [6.07, 6.45) is 0. The van der Waals surface area contributed by atoms with Crippen LogP contribution in [0.1, 0.15) is 0 Å². The van der Waals surface area contributed by atoms with Crippen molar-refractivity contribution in [1.82, 2.24) is 10.9 Å². The maximum Gasteiger partial charge on any atom is 0.189 e. The Morgan fingerprint density at radius 2 is 1.52 bits per heavy atom. The monoisotopic (exact) mass is 410 g/mol. The molecule has 0 aliphatic carbocycles. The first-order valence-corrected chi connectivity index (χ1v) is 8.21. The minimum absolute atomic E-state index is 0.397. The van der Waals surface area contributed by atoms with E-state index in [4.69, 9.17) is 29.2 Å². The predicted molar refractivity (Wildman–Crippen MR) is 106 cm³/mol. The van der Waals surface area contributed by atoms with E-state index < -0.39 is 0 Å². The summed E-state index contributed by atoms with van der Waals surface area (Å²) >= 11 is 13.8. The summed E-state index contributed by atoms with van der Waals surface area (Å²) in [5, 5.41) is 6.87. The molecule has 120 valence electrons. The summed E-state index contributed by atoms with van der Waals surface area (Å²) in [6, 6.07) is 15.1. The Morgan fingerprint density at radius 3 is 2.09 bits per heavy atom. The number of hydrazine groups is 1. The van der Waals surface area contributed by atoms with E-state index in [2.05, 4.69) is 37.4 Å². The van der Waals surface area contributed by atoms with E-state index in [-0.39, 0.29) is 0 Å². The topological polar surface area (TPSA) is 57.4 Å². The van der Waals surface area contributed by atoms with Crippen LogP contribution >= 0.6 is 40.4 Å². The number of methoxy groups -OCH3 is 1. The van der Waals surface area contributed by atoms with Crippen LogP contribution in [0.5, 0.6) is 5.75 Å². The number of ether oxygens (including phenoxy) is 1. The molecule has 0 amide bonds.